The Bertz CT molecular complexity index is 288. The molecule has 1 heterocycles. The normalized spacial score (nSPS) is 17.5. The van der Waals surface area contributed by atoms with Gasteiger partial charge in [0.25, 0.3) is 0 Å². The van der Waals surface area contributed by atoms with Crippen LogP contribution in [0.1, 0.15) is 38.4 Å². The van der Waals surface area contributed by atoms with Gasteiger partial charge in [-0.3, -0.25) is 4.98 Å². The van der Waals surface area contributed by atoms with Crippen LogP contribution in [0.2, 0.25) is 0 Å². The molecule has 2 unspecified atom stereocenters. The van der Waals surface area contributed by atoms with Crippen molar-refractivity contribution in [2.24, 2.45) is 11.7 Å². The molecule has 0 aliphatic carbocycles. The summed E-state index contributed by atoms with van der Waals surface area (Å²) in [5.74, 6) is 0.465. The van der Waals surface area contributed by atoms with Crippen molar-refractivity contribution >= 4 is 0 Å². The van der Waals surface area contributed by atoms with Crippen LogP contribution in [0.15, 0.2) is 18.3 Å². The van der Waals surface area contributed by atoms with Crippen LogP contribution in [0.5, 0.6) is 0 Å². The Morgan fingerprint density at radius 2 is 2.14 bits per heavy atom. The van der Waals surface area contributed by atoms with Crippen molar-refractivity contribution in [3.63, 3.8) is 0 Å². The second-order valence-corrected chi connectivity index (χ2v) is 4.28. The van der Waals surface area contributed by atoms with Gasteiger partial charge in [-0.1, -0.05) is 26.3 Å². The standard InChI is InChI=1S/C12H20N2/c1-5-9(2)12(4,13)11-7-6-10(3)14-8-11/h6-9H,5,13H2,1-4H3. The first-order chi connectivity index (χ1) is 6.48. The van der Waals surface area contributed by atoms with E-state index >= 15 is 0 Å². The number of pyridine rings is 1. The molecular formula is C12H20N2. The van der Waals surface area contributed by atoms with E-state index in [1.54, 1.807) is 0 Å². The Balaban J connectivity index is 2.97. The van der Waals surface area contributed by atoms with Gasteiger partial charge in [-0.15, -0.1) is 0 Å². The number of aromatic nitrogens is 1. The molecule has 0 radical (unpaired) electrons. The fraction of sp³-hybridized carbons (Fsp3) is 0.583. The Kier molecular flexibility index (Phi) is 3.27. The second kappa shape index (κ2) is 4.09. The number of hydrogen-bond acceptors (Lipinski definition) is 2. The Hall–Kier alpha value is -0.890. The summed E-state index contributed by atoms with van der Waals surface area (Å²) in [5, 5.41) is 0. The van der Waals surface area contributed by atoms with Crippen LogP contribution in [0.3, 0.4) is 0 Å². The first-order valence-corrected chi connectivity index (χ1v) is 5.20. The van der Waals surface area contributed by atoms with Gasteiger partial charge >= 0.3 is 0 Å². The summed E-state index contributed by atoms with van der Waals surface area (Å²) in [4.78, 5) is 4.28. The second-order valence-electron chi connectivity index (χ2n) is 4.28. The van der Waals surface area contributed by atoms with E-state index in [4.69, 9.17) is 5.73 Å². The van der Waals surface area contributed by atoms with Crippen molar-refractivity contribution < 1.29 is 0 Å². The molecule has 2 N–H and O–H groups in total. The minimum atomic E-state index is -0.268. The molecule has 2 nitrogen and oxygen atoms in total. The van der Waals surface area contributed by atoms with E-state index < -0.39 is 0 Å². The molecule has 2 heteroatoms. The van der Waals surface area contributed by atoms with Crippen molar-refractivity contribution in [2.75, 3.05) is 0 Å². The lowest BCUT2D eigenvalue weighted by atomic mass is 9.81. The summed E-state index contributed by atoms with van der Waals surface area (Å²) < 4.78 is 0. The summed E-state index contributed by atoms with van der Waals surface area (Å²) in [6, 6.07) is 4.09. The smallest absolute Gasteiger partial charge is 0.0422 e. The zero-order chi connectivity index (χ0) is 10.8. The average molecular weight is 192 g/mol. The monoisotopic (exact) mass is 192 g/mol. The van der Waals surface area contributed by atoms with E-state index in [9.17, 15) is 0 Å². The predicted octanol–water partition coefficient (Wildman–Crippen LogP) is 2.61. The summed E-state index contributed by atoms with van der Waals surface area (Å²) in [7, 11) is 0. The summed E-state index contributed by atoms with van der Waals surface area (Å²) in [5.41, 5.74) is 8.19. The lowest BCUT2D eigenvalue weighted by Gasteiger charge is -2.31. The molecule has 1 aromatic rings. The Morgan fingerprint density at radius 3 is 2.57 bits per heavy atom. The molecule has 0 saturated carbocycles. The topological polar surface area (TPSA) is 38.9 Å². The molecule has 2 atom stereocenters. The van der Waals surface area contributed by atoms with Gasteiger partial charge in [0, 0.05) is 17.4 Å². The van der Waals surface area contributed by atoms with Crippen molar-refractivity contribution in [3.05, 3.63) is 29.6 Å². The van der Waals surface area contributed by atoms with Gasteiger partial charge in [-0.25, -0.2) is 0 Å². The van der Waals surface area contributed by atoms with Crippen molar-refractivity contribution in [3.8, 4) is 0 Å². The fourth-order valence-corrected chi connectivity index (χ4v) is 1.50. The molecule has 0 aliphatic rings. The van der Waals surface area contributed by atoms with Gasteiger partial charge in [0.2, 0.25) is 0 Å². The molecular weight excluding hydrogens is 172 g/mol. The Labute approximate surface area is 86.5 Å². The highest BCUT2D eigenvalue weighted by Crippen LogP contribution is 2.27. The Morgan fingerprint density at radius 1 is 1.50 bits per heavy atom. The lowest BCUT2D eigenvalue weighted by molar-refractivity contribution is 0.315. The molecule has 78 valence electrons. The van der Waals surface area contributed by atoms with Crippen LogP contribution >= 0.6 is 0 Å². The van der Waals surface area contributed by atoms with Gasteiger partial charge in [0.1, 0.15) is 0 Å². The number of aryl methyl sites for hydroxylation is 1. The molecule has 14 heavy (non-hydrogen) atoms. The van der Waals surface area contributed by atoms with Crippen molar-refractivity contribution in [2.45, 2.75) is 39.7 Å². The van der Waals surface area contributed by atoms with Crippen LogP contribution < -0.4 is 5.73 Å². The van der Waals surface area contributed by atoms with Crippen LogP contribution in [0, 0.1) is 12.8 Å². The first kappa shape index (κ1) is 11.2. The minimum absolute atomic E-state index is 0.268. The molecule has 0 spiro atoms. The van der Waals surface area contributed by atoms with E-state index in [0.717, 1.165) is 17.7 Å². The average Bonchev–Trinajstić information content (AvgIpc) is 2.17. The molecule has 0 bridgehead atoms. The quantitative estimate of drug-likeness (QED) is 0.799. The minimum Gasteiger partial charge on any atom is -0.321 e. The lowest BCUT2D eigenvalue weighted by Crippen LogP contribution is -2.39. The molecule has 1 aromatic heterocycles. The highest BCUT2D eigenvalue weighted by atomic mass is 14.8. The summed E-state index contributed by atoms with van der Waals surface area (Å²) in [6.45, 7) is 8.41. The van der Waals surface area contributed by atoms with Gasteiger partial charge < -0.3 is 5.73 Å². The maximum absolute atomic E-state index is 6.30. The van der Waals surface area contributed by atoms with Crippen molar-refractivity contribution in [1.82, 2.24) is 4.98 Å². The predicted molar refractivity (Wildman–Crippen MR) is 60.0 cm³/mol. The van der Waals surface area contributed by atoms with Gasteiger partial charge in [-0.05, 0) is 31.4 Å². The molecule has 0 fully saturated rings. The molecule has 0 aliphatic heterocycles. The zero-order valence-electron chi connectivity index (χ0n) is 9.54. The molecule has 1 rings (SSSR count). The number of nitrogens with zero attached hydrogens (tertiary/aromatic N) is 1. The van der Waals surface area contributed by atoms with Crippen LogP contribution in [-0.2, 0) is 5.54 Å². The van der Waals surface area contributed by atoms with E-state index in [-0.39, 0.29) is 5.54 Å². The highest BCUT2D eigenvalue weighted by molar-refractivity contribution is 5.22. The zero-order valence-corrected chi connectivity index (χ0v) is 9.54. The third kappa shape index (κ3) is 2.13. The maximum atomic E-state index is 6.30. The SMILES string of the molecule is CCC(C)C(C)(N)c1ccc(C)nc1. The summed E-state index contributed by atoms with van der Waals surface area (Å²) >= 11 is 0. The first-order valence-electron chi connectivity index (χ1n) is 5.20. The van der Waals surface area contributed by atoms with E-state index in [1.807, 2.05) is 19.2 Å². The van der Waals surface area contributed by atoms with Crippen LogP contribution in [-0.4, -0.2) is 4.98 Å². The maximum Gasteiger partial charge on any atom is 0.0422 e. The highest BCUT2D eigenvalue weighted by Gasteiger charge is 2.27. The molecule has 0 amide bonds. The van der Waals surface area contributed by atoms with E-state index in [1.165, 1.54) is 0 Å². The number of rotatable bonds is 3. The third-order valence-corrected chi connectivity index (χ3v) is 3.17. The van der Waals surface area contributed by atoms with E-state index in [2.05, 4.69) is 31.8 Å². The van der Waals surface area contributed by atoms with Crippen LogP contribution in [0.4, 0.5) is 0 Å². The van der Waals surface area contributed by atoms with Crippen molar-refractivity contribution in [1.29, 1.82) is 0 Å². The largest absolute Gasteiger partial charge is 0.321 e. The van der Waals surface area contributed by atoms with Gasteiger partial charge in [-0.2, -0.15) is 0 Å². The van der Waals surface area contributed by atoms with Gasteiger partial charge in [0.05, 0.1) is 0 Å². The fourth-order valence-electron chi connectivity index (χ4n) is 1.50. The molecule has 0 aromatic carbocycles. The molecule has 0 saturated heterocycles. The number of nitrogens with two attached hydrogens (primary N) is 1. The van der Waals surface area contributed by atoms with E-state index in [0.29, 0.717) is 5.92 Å². The van der Waals surface area contributed by atoms with Gasteiger partial charge in [0.15, 0.2) is 0 Å². The van der Waals surface area contributed by atoms with Crippen LogP contribution in [0.25, 0.3) is 0 Å². The summed E-state index contributed by atoms with van der Waals surface area (Å²) in [6.07, 6.45) is 2.97. The number of hydrogen-bond donors (Lipinski definition) is 1. The third-order valence-electron chi connectivity index (χ3n) is 3.17.